The molecule has 1 N–H and O–H groups in total. The van der Waals surface area contributed by atoms with E-state index in [1.807, 2.05) is 18.2 Å². The van der Waals surface area contributed by atoms with Crippen molar-refractivity contribution < 1.29 is 9.90 Å². The van der Waals surface area contributed by atoms with E-state index in [1.54, 1.807) is 11.8 Å². The maximum absolute atomic E-state index is 12.6. The van der Waals surface area contributed by atoms with E-state index in [2.05, 4.69) is 12.1 Å². The third kappa shape index (κ3) is 1.65. The van der Waals surface area contributed by atoms with Crippen LogP contribution in [0.15, 0.2) is 30.3 Å². The Labute approximate surface area is 107 Å². The molecule has 1 amide bonds. The highest BCUT2D eigenvalue weighted by atomic mass is 16.3. The van der Waals surface area contributed by atoms with Gasteiger partial charge in [-0.2, -0.15) is 0 Å². The summed E-state index contributed by atoms with van der Waals surface area (Å²) in [4.78, 5) is 14.4. The van der Waals surface area contributed by atoms with Gasteiger partial charge in [-0.25, -0.2) is 0 Å². The second kappa shape index (κ2) is 3.82. The van der Waals surface area contributed by atoms with E-state index in [4.69, 9.17) is 0 Å². The number of β-amino-alcohol motifs (C(OH)–C–C–N with tert-alkyl or cyclic N) is 1. The highest BCUT2D eigenvalue weighted by Gasteiger charge is 2.51. The van der Waals surface area contributed by atoms with Crippen molar-refractivity contribution in [3.63, 3.8) is 0 Å². The standard InChI is InChI=1S/C15H19NO2/c1-14(18)10-16(11-14)13(17)15(8-5-9-15)12-6-3-2-4-7-12/h2-4,6-7,18H,5,8-11H2,1H3. The summed E-state index contributed by atoms with van der Waals surface area (Å²) in [6.45, 7) is 2.73. The summed E-state index contributed by atoms with van der Waals surface area (Å²) in [6, 6.07) is 10.1. The zero-order valence-electron chi connectivity index (χ0n) is 10.7. The molecule has 1 saturated heterocycles. The molecule has 0 radical (unpaired) electrons. The molecule has 2 aliphatic rings. The lowest BCUT2D eigenvalue weighted by atomic mass is 9.63. The first-order valence-corrected chi connectivity index (χ1v) is 6.61. The van der Waals surface area contributed by atoms with Crippen LogP contribution in [0.2, 0.25) is 0 Å². The Morgan fingerprint density at radius 2 is 1.83 bits per heavy atom. The van der Waals surface area contributed by atoms with Gasteiger partial charge in [0.15, 0.2) is 0 Å². The molecule has 3 nitrogen and oxygen atoms in total. The van der Waals surface area contributed by atoms with E-state index < -0.39 is 5.60 Å². The largest absolute Gasteiger partial charge is 0.386 e. The number of carbonyl (C=O) groups excluding carboxylic acids is 1. The van der Waals surface area contributed by atoms with E-state index in [-0.39, 0.29) is 11.3 Å². The Balaban J connectivity index is 1.83. The first-order chi connectivity index (χ1) is 8.54. The number of rotatable bonds is 2. The van der Waals surface area contributed by atoms with Crippen molar-refractivity contribution in [2.24, 2.45) is 0 Å². The van der Waals surface area contributed by atoms with Crippen molar-refractivity contribution in [1.29, 1.82) is 0 Å². The van der Waals surface area contributed by atoms with Crippen molar-refractivity contribution in [2.45, 2.75) is 37.2 Å². The average Bonchev–Trinajstić information content (AvgIpc) is 2.25. The first-order valence-electron chi connectivity index (χ1n) is 6.61. The maximum Gasteiger partial charge on any atom is 0.233 e. The van der Waals surface area contributed by atoms with Crippen LogP contribution in [0.1, 0.15) is 31.7 Å². The van der Waals surface area contributed by atoms with Crippen LogP contribution in [0.5, 0.6) is 0 Å². The molecule has 0 atom stereocenters. The molecular formula is C15H19NO2. The van der Waals surface area contributed by atoms with Crippen LogP contribution in [0.4, 0.5) is 0 Å². The SMILES string of the molecule is CC1(O)CN(C(=O)C2(c3ccccc3)CCC2)C1. The summed E-state index contributed by atoms with van der Waals surface area (Å²) in [5.74, 6) is 0.200. The number of hydrogen-bond acceptors (Lipinski definition) is 2. The van der Waals surface area contributed by atoms with Crippen LogP contribution >= 0.6 is 0 Å². The van der Waals surface area contributed by atoms with E-state index in [1.165, 1.54) is 0 Å². The molecule has 3 rings (SSSR count). The summed E-state index contributed by atoms with van der Waals surface area (Å²) in [5, 5.41) is 9.77. The predicted molar refractivity (Wildman–Crippen MR) is 69.2 cm³/mol. The summed E-state index contributed by atoms with van der Waals surface area (Å²) in [5.41, 5.74) is 0.141. The predicted octanol–water partition coefficient (Wildman–Crippen LogP) is 1.70. The molecule has 1 saturated carbocycles. The van der Waals surface area contributed by atoms with Crippen LogP contribution in [0.3, 0.4) is 0 Å². The lowest BCUT2D eigenvalue weighted by Gasteiger charge is -2.51. The van der Waals surface area contributed by atoms with Crippen LogP contribution in [0, 0.1) is 0 Å². The molecule has 96 valence electrons. The fourth-order valence-electron chi connectivity index (χ4n) is 3.14. The van der Waals surface area contributed by atoms with Gasteiger partial charge in [0.05, 0.1) is 24.1 Å². The number of aliphatic hydroxyl groups is 1. The van der Waals surface area contributed by atoms with E-state index in [0.717, 1.165) is 24.8 Å². The van der Waals surface area contributed by atoms with Crippen molar-refractivity contribution in [3.05, 3.63) is 35.9 Å². The number of benzene rings is 1. The molecular weight excluding hydrogens is 226 g/mol. The van der Waals surface area contributed by atoms with Gasteiger partial charge in [0.1, 0.15) is 0 Å². The molecule has 1 aromatic rings. The van der Waals surface area contributed by atoms with Gasteiger partial charge in [-0.15, -0.1) is 0 Å². The van der Waals surface area contributed by atoms with Crippen molar-refractivity contribution in [1.82, 2.24) is 4.90 Å². The van der Waals surface area contributed by atoms with Gasteiger partial charge in [-0.3, -0.25) is 4.79 Å². The average molecular weight is 245 g/mol. The minimum atomic E-state index is -0.683. The van der Waals surface area contributed by atoms with Gasteiger partial charge < -0.3 is 10.0 Å². The fourth-order valence-corrected chi connectivity index (χ4v) is 3.14. The zero-order chi connectivity index (χ0) is 12.8. The topological polar surface area (TPSA) is 40.5 Å². The normalized spacial score (nSPS) is 24.0. The molecule has 0 spiro atoms. The molecule has 18 heavy (non-hydrogen) atoms. The summed E-state index contributed by atoms with van der Waals surface area (Å²) in [6.07, 6.45) is 2.99. The minimum absolute atomic E-state index is 0.200. The second-order valence-electron chi connectivity index (χ2n) is 5.96. The van der Waals surface area contributed by atoms with E-state index in [0.29, 0.717) is 13.1 Å². The smallest absolute Gasteiger partial charge is 0.233 e. The Bertz CT molecular complexity index is 455. The quantitative estimate of drug-likeness (QED) is 0.861. The number of amides is 1. The summed E-state index contributed by atoms with van der Waals surface area (Å²) < 4.78 is 0. The van der Waals surface area contributed by atoms with E-state index >= 15 is 0 Å². The Kier molecular flexibility index (Phi) is 2.49. The summed E-state index contributed by atoms with van der Waals surface area (Å²) in [7, 11) is 0. The Morgan fingerprint density at radius 1 is 1.22 bits per heavy atom. The van der Waals surface area contributed by atoms with Crippen LogP contribution in [0.25, 0.3) is 0 Å². The molecule has 1 aliphatic heterocycles. The third-order valence-corrected chi connectivity index (χ3v) is 4.29. The number of hydrogen-bond donors (Lipinski definition) is 1. The molecule has 0 aromatic heterocycles. The number of carbonyl (C=O) groups is 1. The Hall–Kier alpha value is -1.35. The lowest BCUT2D eigenvalue weighted by Crippen LogP contribution is -2.66. The molecule has 1 heterocycles. The zero-order valence-corrected chi connectivity index (χ0v) is 10.7. The van der Waals surface area contributed by atoms with Gasteiger partial charge in [0, 0.05) is 0 Å². The molecule has 1 aliphatic carbocycles. The third-order valence-electron chi connectivity index (χ3n) is 4.29. The second-order valence-corrected chi connectivity index (χ2v) is 5.96. The Morgan fingerprint density at radius 3 is 2.28 bits per heavy atom. The van der Waals surface area contributed by atoms with Crippen LogP contribution in [-0.2, 0) is 10.2 Å². The van der Waals surface area contributed by atoms with Gasteiger partial charge in [-0.1, -0.05) is 36.8 Å². The van der Waals surface area contributed by atoms with Gasteiger partial charge >= 0.3 is 0 Å². The molecule has 2 fully saturated rings. The molecule has 1 aromatic carbocycles. The van der Waals surface area contributed by atoms with Crippen molar-refractivity contribution in [2.75, 3.05) is 13.1 Å². The van der Waals surface area contributed by atoms with Gasteiger partial charge in [-0.05, 0) is 25.3 Å². The first kappa shape index (κ1) is 11.7. The highest BCUT2D eigenvalue weighted by molar-refractivity contribution is 5.90. The van der Waals surface area contributed by atoms with Crippen molar-refractivity contribution >= 4 is 5.91 Å². The van der Waals surface area contributed by atoms with Crippen LogP contribution in [-0.4, -0.2) is 34.6 Å². The lowest BCUT2D eigenvalue weighted by molar-refractivity contribution is -0.161. The maximum atomic E-state index is 12.6. The van der Waals surface area contributed by atoms with E-state index in [9.17, 15) is 9.90 Å². The van der Waals surface area contributed by atoms with Gasteiger partial charge in [0.2, 0.25) is 5.91 Å². The van der Waals surface area contributed by atoms with Gasteiger partial charge in [0.25, 0.3) is 0 Å². The molecule has 0 bridgehead atoms. The molecule has 0 unspecified atom stereocenters. The van der Waals surface area contributed by atoms with Crippen LogP contribution < -0.4 is 0 Å². The number of likely N-dealkylation sites (tertiary alicyclic amines) is 1. The number of nitrogens with zero attached hydrogens (tertiary/aromatic N) is 1. The molecule has 3 heteroatoms. The summed E-state index contributed by atoms with van der Waals surface area (Å²) >= 11 is 0. The fraction of sp³-hybridized carbons (Fsp3) is 0.533. The minimum Gasteiger partial charge on any atom is -0.386 e. The monoisotopic (exact) mass is 245 g/mol. The van der Waals surface area contributed by atoms with Crippen molar-refractivity contribution in [3.8, 4) is 0 Å². The highest BCUT2D eigenvalue weighted by Crippen LogP contribution is 2.46.